The van der Waals surface area contributed by atoms with Crippen LogP contribution in [-0.4, -0.2) is 39.8 Å². The smallest absolute Gasteiger partial charge is 0.292 e. The van der Waals surface area contributed by atoms with Crippen molar-refractivity contribution in [1.82, 2.24) is 20.5 Å². The summed E-state index contributed by atoms with van der Waals surface area (Å²) in [5.74, 6) is -0.276. The van der Waals surface area contributed by atoms with E-state index in [0.29, 0.717) is 5.69 Å². The van der Waals surface area contributed by atoms with E-state index in [4.69, 9.17) is 0 Å². The van der Waals surface area contributed by atoms with E-state index in [1.807, 2.05) is 30.3 Å². The number of benzene rings is 2. The van der Waals surface area contributed by atoms with Crippen LogP contribution < -0.4 is 5.43 Å². The molecule has 0 spiro atoms. The number of hydrazone groups is 1. The van der Waals surface area contributed by atoms with Crippen LogP contribution in [0.4, 0.5) is 0 Å². The Morgan fingerprint density at radius 1 is 1.08 bits per heavy atom. The third-order valence-corrected chi connectivity index (χ3v) is 4.68. The van der Waals surface area contributed by atoms with Crippen molar-refractivity contribution in [2.24, 2.45) is 5.10 Å². The summed E-state index contributed by atoms with van der Waals surface area (Å²) in [6.45, 7) is 2.86. The van der Waals surface area contributed by atoms with Gasteiger partial charge in [0.1, 0.15) is 0 Å². The van der Waals surface area contributed by atoms with Gasteiger partial charge < -0.3 is 0 Å². The van der Waals surface area contributed by atoms with Gasteiger partial charge in [-0.25, -0.2) is 5.43 Å². The molecule has 2 N–H and O–H groups in total. The summed E-state index contributed by atoms with van der Waals surface area (Å²) < 4.78 is 0. The average molecular weight is 347 g/mol. The molecular weight excluding hydrogens is 326 g/mol. The van der Waals surface area contributed by atoms with Crippen LogP contribution in [0.1, 0.15) is 28.9 Å². The van der Waals surface area contributed by atoms with Crippen molar-refractivity contribution in [3.05, 3.63) is 65.9 Å². The summed E-state index contributed by atoms with van der Waals surface area (Å²) in [6.07, 6.45) is 1.74. The number of para-hydroxylation sites is 1. The fourth-order valence-electron chi connectivity index (χ4n) is 3.24. The SMILES string of the molecule is O=C(NN=C1CCN(Cc2ccccc2)CC1)c1n[nH]c2ccccc12. The van der Waals surface area contributed by atoms with Crippen molar-refractivity contribution in [3.8, 4) is 0 Å². The number of rotatable bonds is 4. The maximum atomic E-state index is 12.4. The van der Waals surface area contributed by atoms with Gasteiger partial charge in [0, 0.05) is 43.6 Å². The molecule has 0 saturated carbocycles. The Kier molecular flexibility index (Phi) is 4.75. The van der Waals surface area contributed by atoms with Crippen molar-refractivity contribution >= 4 is 22.5 Å². The highest BCUT2D eigenvalue weighted by atomic mass is 16.2. The fourth-order valence-corrected chi connectivity index (χ4v) is 3.24. The molecule has 132 valence electrons. The van der Waals surface area contributed by atoms with Crippen LogP contribution in [0.5, 0.6) is 0 Å². The summed E-state index contributed by atoms with van der Waals surface area (Å²) >= 11 is 0. The molecule has 6 heteroatoms. The largest absolute Gasteiger partial charge is 0.298 e. The minimum absolute atomic E-state index is 0.276. The van der Waals surface area contributed by atoms with Crippen LogP contribution in [0.3, 0.4) is 0 Å². The number of hydrogen-bond acceptors (Lipinski definition) is 4. The average Bonchev–Trinajstić information content (AvgIpc) is 3.12. The van der Waals surface area contributed by atoms with Gasteiger partial charge in [0.25, 0.3) is 5.91 Å². The Balaban J connectivity index is 1.33. The number of piperidine rings is 1. The van der Waals surface area contributed by atoms with Crippen molar-refractivity contribution < 1.29 is 4.79 Å². The highest BCUT2D eigenvalue weighted by Crippen LogP contribution is 2.15. The molecule has 3 aromatic rings. The predicted molar refractivity (Wildman–Crippen MR) is 102 cm³/mol. The summed E-state index contributed by atoms with van der Waals surface area (Å²) in [4.78, 5) is 14.8. The number of carbonyl (C=O) groups excluding carboxylic acids is 1. The van der Waals surface area contributed by atoms with Crippen LogP contribution in [0, 0.1) is 0 Å². The van der Waals surface area contributed by atoms with Crippen molar-refractivity contribution in [3.63, 3.8) is 0 Å². The Morgan fingerprint density at radius 2 is 1.81 bits per heavy atom. The third-order valence-electron chi connectivity index (χ3n) is 4.68. The maximum absolute atomic E-state index is 12.4. The number of aromatic amines is 1. The first kappa shape index (κ1) is 16.5. The van der Waals surface area contributed by atoms with Crippen LogP contribution in [0.2, 0.25) is 0 Å². The first-order chi connectivity index (χ1) is 12.8. The molecule has 2 heterocycles. The number of likely N-dealkylation sites (tertiary alicyclic amines) is 1. The third kappa shape index (κ3) is 3.65. The number of carbonyl (C=O) groups is 1. The zero-order chi connectivity index (χ0) is 17.8. The highest BCUT2D eigenvalue weighted by Gasteiger charge is 2.17. The van der Waals surface area contributed by atoms with Gasteiger partial charge in [-0.1, -0.05) is 48.5 Å². The van der Waals surface area contributed by atoms with E-state index < -0.39 is 0 Å². The van der Waals surface area contributed by atoms with Crippen molar-refractivity contribution in [2.45, 2.75) is 19.4 Å². The second kappa shape index (κ2) is 7.49. The zero-order valence-corrected chi connectivity index (χ0v) is 14.5. The summed E-state index contributed by atoms with van der Waals surface area (Å²) in [5, 5.41) is 12.1. The second-order valence-electron chi connectivity index (χ2n) is 6.50. The molecule has 26 heavy (non-hydrogen) atoms. The van der Waals surface area contributed by atoms with Crippen molar-refractivity contribution in [2.75, 3.05) is 13.1 Å². The molecule has 0 radical (unpaired) electrons. The molecule has 0 aliphatic carbocycles. The molecule has 6 nitrogen and oxygen atoms in total. The van der Waals surface area contributed by atoms with Gasteiger partial charge in [-0.3, -0.25) is 14.8 Å². The Morgan fingerprint density at radius 3 is 2.62 bits per heavy atom. The first-order valence-corrected chi connectivity index (χ1v) is 8.85. The molecule has 0 atom stereocenters. The second-order valence-corrected chi connectivity index (χ2v) is 6.50. The zero-order valence-electron chi connectivity index (χ0n) is 14.5. The number of nitrogens with one attached hydrogen (secondary N) is 2. The van der Waals surface area contributed by atoms with Gasteiger partial charge in [0.05, 0.1) is 5.52 Å². The molecule has 1 saturated heterocycles. The van der Waals surface area contributed by atoms with Gasteiger partial charge in [0.2, 0.25) is 0 Å². The van der Waals surface area contributed by atoms with E-state index >= 15 is 0 Å². The topological polar surface area (TPSA) is 73.4 Å². The van der Waals surface area contributed by atoms with Crippen LogP contribution >= 0.6 is 0 Å². The van der Waals surface area contributed by atoms with E-state index in [-0.39, 0.29) is 5.91 Å². The first-order valence-electron chi connectivity index (χ1n) is 8.85. The number of amides is 1. The Hall–Kier alpha value is -2.99. The lowest BCUT2D eigenvalue weighted by Gasteiger charge is -2.27. The molecule has 4 rings (SSSR count). The molecule has 1 aliphatic heterocycles. The molecule has 1 amide bonds. The van der Waals surface area contributed by atoms with Crippen LogP contribution in [0.25, 0.3) is 10.9 Å². The molecule has 2 aromatic carbocycles. The molecular formula is C20H21N5O. The van der Waals surface area contributed by atoms with Gasteiger partial charge in [-0.2, -0.15) is 10.2 Å². The van der Waals surface area contributed by atoms with Crippen LogP contribution in [0.15, 0.2) is 59.7 Å². The van der Waals surface area contributed by atoms with Gasteiger partial charge in [-0.05, 0) is 11.6 Å². The summed E-state index contributed by atoms with van der Waals surface area (Å²) in [6, 6.07) is 18.1. The van der Waals surface area contributed by atoms with Crippen molar-refractivity contribution in [1.29, 1.82) is 0 Å². The van der Waals surface area contributed by atoms with Gasteiger partial charge in [0.15, 0.2) is 5.69 Å². The number of nitrogens with zero attached hydrogens (tertiary/aromatic N) is 3. The normalized spacial score (nSPS) is 15.2. The minimum atomic E-state index is -0.276. The van der Waals surface area contributed by atoms with Gasteiger partial charge >= 0.3 is 0 Å². The number of aromatic nitrogens is 2. The Bertz CT molecular complexity index is 922. The predicted octanol–water partition coefficient (Wildman–Crippen LogP) is 2.94. The Labute approximate surface area is 151 Å². The highest BCUT2D eigenvalue weighted by molar-refractivity contribution is 6.04. The maximum Gasteiger partial charge on any atom is 0.292 e. The van der Waals surface area contributed by atoms with E-state index in [9.17, 15) is 4.79 Å². The molecule has 0 unspecified atom stereocenters. The fraction of sp³-hybridized carbons (Fsp3) is 0.250. The monoisotopic (exact) mass is 347 g/mol. The summed E-state index contributed by atoms with van der Waals surface area (Å²) in [5.41, 5.74) is 6.24. The number of H-pyrrole nitrogens is 1. The lowest BCUT2D eigenvalue weighted by molar-refractivity contribution is 0.0951. The molecule has 0 bridgehead atoms. The standard InChI is InChI=1S/C20H21N5O/c26-20(19-17-8-4-5-9-18(17)22-23-19)24-21-16-10-12-25(13-11-16)14-15-6-2-1-3-7-15/h1-9H,10-14H2,(H,22,23)(H,24,26). The quantitative estimate of drug-likeness (QED) is 0.713. The molecule has 1 aromatic heterocycles. The van der Waals surface area contributed by atoms with E-state index in [1.165, 1.54) is 5.56 Å². The number of fused-ring (bicyclic) bond motifs is 1. The molecule has 1 fully saturated rings. The lowest BCUT2D eigenvalue weighted by Crippen LogP contribution is -2.34. The van der Waals surface area contributed by atoms with Crippen LogP contribution in [-0.2, 0) is 6.54 Å². The minimum Gasteiger partial charge on any atom is -0.298 e. The van der Waals surface area contributed by atoms with Gasteiger partial charge in [-0.15, -0.1) is 0 Å². The molecule has 1 aliphatic rings. The van der Waals surface area contributed by atoms with E-state index in [0.717, 1.165) is 49.1 Å². The van der Waals surface area contributed by atoms with E-state index in [1.54, 1.807) is 0 Å². The lowest BCUT2D eigenvalue weighted by atomic mass is 10.1. The summed E-state index contributed by atoms with van der Waals surface area (Å²) in [7, 11) is 0. The van der Waals surface area contributed by atoms with E-state index in [2.05, 4.69) is 49.9 Å². The number of hydrogen-bond donors (Lipinski definition) is 2.